The van der Waals surface area contributed by atoms with Crippen molar-refractivity contribution in [3.63, 3.8) is 0 Å². The number of rotatable bonds is 3. The predicted molar refractivity (Wildman–Crippen MR) is 63.6 cm³/mol. The molecule has 3 N–H and O–H groups in total. The zero-order chi connectivity index (χ0) is 13.3. The van der Waals surface area contributed by atoms with Crippen LogP contribution in [0.2, 0.25) is 0 Å². The van der Waals surface area contributed by atoms with E-state index >= 15 is 0 Å². The van der Waals surface area contributed by atoms with E-state index in [2.05, 4.69) is 4.74 Å². The normalized spacial score (nSPS) is 13.7. The first-order valence-corrected chi connectivity index (χ1v) is 4.93. The van der Waals surface area contributed by atoms with Gasteiger partial charge in [0.2, 0.25) is 0 Å². The van der Waals surface area contributed by atoms with Gasteiger partial charge in [-0.25, -0.2) is 0 Å². The van der Waals surface area contributed by atoms with Gasteiger partial charge in [0.05, 0.1) is 11.6 Å². The lowest BCUT2D eigenvalue weighted by molar-refractivity contribution is -0.274. The van der Waals surface area contributed by atoms with Gasteiger partial charge in [0.15, 0.2) is 0 Å². The molecule has 0 aliphatic carbocycles. The molecule has 0 saturated heterocycles. The molecule has 0 heterocycles. The molecule has 1 atom stereocenters. The third-order valence-corrected chi connectivity index (χ3v) is 2.23. The Morgan fingerprint density at radius 1 is 1.17 bits per heavy atom. The minimum atomic E-state index is -4.71. The van der Waals surface area contributed by atoms with Crippen LogP contribution in [0.1, 0.15) is 25.5 Å². The van der Waals surface area contributed by atoms with E-state index in [0.29, 0.717) is 5.56 Å². The average molecular weight is 286 g/mol. The summed E-state index contributed by atoms with van der Waals surface area (Å²) in [6.45, 7) is 3.05. The zero-order valence-electron chi connectivity index (χ0n) is 9.86. The SMILES string of the molecule is CC(C)(O)[C@@H](N)c1ccc(OC(F)(F)F)cc1.Cl. The highest BCUT2D eigenvalue weighted by molar-refractivity contribution is 5.85. The molecule has 0 unspecified atom stereocenters. The number of alkyl halides is 3. The molecule has 1 aromatic rings. The van der Waals surface area contributed by atoms with Crippen LogP contribution in [-0.4, -0.2) is 17.1 Å². The summed E-state index contributed by atoms with van der Waals surface area (Å²) in [6, 6.07) is 4.43. The lowest BCUT2D eigenvalue weighted by Crippen LogP contribution is -2.35. The molecule has 1 aromatic carbocycles. The van der Waals surface area contributed by atoms with E-state index in [1.165, 1.54) is 26.0 Å². The molecule has 0 amide bonds. The van der Waals surface area contributed by atoms with Crippen LogP contribution in [0.25, 0.3) is 0 Å². The number of benzene rings is 1. The molecule has 3 nitrogen and oxygen atoms in total. The third kappa shape index (κ3) is 5.12. The van der Waals surface area contributed by atoms with E-state index in [1.807, 2.05) is 0 Å². The number of nitrogens with two attached hydrogens (primary N) is 1. The standard InChI is InChI=1S/C11H14F3NO2.ClH/c1-10(2,16)9(15)7-3-5-8(6-4-7)17-11(12,13)14;/h3-6,9,16H,15H2,1-2H3;1H/t9-;/m0./s1. The maximum absolute atomic E-state index is 11.9. The topological polar surface area (TPSA) is 55.5 Å². The smallest absolute Gasteiger partial charge is 0.406 e. The molecule has 18 heavy (non-hydrogen) atoms. The highest BCUT2D eigenvalue weighted by Crippen LogP contribution is 2.27. The molecule has 0 spiro atoms. The molecule has 0 radical (unpaired) electrons. The predicted octanol–water partition coefficient (Wildman–Crippen LogP) is 2.78. The summed E-state index contributed by atoms with van der Waals surface area (Å²) < 4.78 is 39.4. The van der Waals surface area contributed by atoms with Gasteiger partial charge in [-0.15, -0.1) is 25.6 Å². The summed E-state index contributed by atoms with van der Waals surface area (Å²) in [4.78, 5) is 0. The van der Waals surface area contributed by atoms with Crippen LogP contribution in [0.3, 0.4) is 0 Å². The van der Waals surface area contributed by atoms with Gasteiger partial charge >= 0.3 is 6.36 Å². The molecule has 7 heteroatoms. The third-order valence-electron chi connectivity index (χ3n) is 2.23. The van der Waals surface area contributed by atoms with E-state index in [4.69, 9.17) is 5.73 Å². The number of hydrogen-bond donors (Lipinski definition) is 2. The summed E-state index contributed by atoms with van der Waals surface area (Å²) >= 11 is 0. The van der Waals surface area contributed by atoms with Gasteiger partial charge in [-0.2, -0.15) is 0 Å². The largest absolute Gasteiger partial charge is 0.573 e. The minimum absolute atomic E-state index is 0. The first-order chi connectivity index (χ1) is 7.59. The second-order valence-electron chi connectivity index (χ2n) is 4.25. The summed E-state index contributed by atoms with van der Waals surface area (Å²) in [5.41, 5.74) is 5.12. The van der Waals surface area contributed by atoms with Crippen molar-refractivity contribution >= 4 is 12.4 Å². The number of halogens is 4. The van der Waals surface area contributed by atoms with Gasteiger partial charge in [-0.1, -0.05) is 12.1 Å². The first-order valence-electron chi connectivity index (χ1n) is 4.93. The Balaban J connectivity index is 0.00000289. The highest BCUT2D eigenvalue weighted by atomic mass is 35.5. The van der Waals surface area contributed by atoms with Crippen molar-refractivity contribution < 1.29 is 23.0 Å². The first kappa shape index (κ1) is 17.0. The quantitative estimate of drug-likeness (QED) is 0.898. The molecule has 0 aromatic heterocycles. The maximum Gasteiger partial charge on any atom is 0.573 e. The Labute approximate surface area is 109 Å². The van der Waals surface area contributed by atoms with Crippen molar-refractivity contribution in [2.24, 2.45) is 5.73 Å². The van der Waals surface area contributed by atoms with Crippen molar-refractivity contribution in [1.82, 2.24) is 0 Å². The van der Waals surface area contributed by atoms with Crippen molar-refractivity contribution in [1.29, 1.82) is 0 Å². The molecular weight excluding hydrogens is 271 g/mol. The van der Waals surface area contributed by atoms with Gasteiger partial charge in [0.1, 0.15) is 5.75 Å². The van der Waals surface area contributed by atoms with Crippen LogP contribution >= 0.6 is 12.4 Å². The van der Waals surface area contributed by atoms with Crippen molar-refractivity contribution in [2.45, 2.75) is 31.9 Å². The molecule has 0 saturated carbocycles. The van der Waals surface area contributed by atoms with Crippen LogP contribution < -0.4 is 10.5 Å². The van der Waals surface area contributed by atoms with Crippen LogP contribution in [0.15, 0.2) is 24.3 Å². The fourth-order valence-electron chi connectivity index (χ4n) is 1.28. The molecular formula is C11H15ClF3NO2. The summed E-state index contributed by atoms with van der Waals surface area (Å²) in [5, 5.41) is 9.66. The van der Waals surface area contributed by atoms with Gasteiger partial charge in [-0.05, 0) is 31.5 Å². The Kier molecular flexibility index (Phi) is 5.46. The molecule has 0 aliphatic heterocycles. The summed E-state index contributed by atoms with van der Waals surface area (Å²) in [7, 11) is 0. The Bertz CT molecular complexity index is 373. The lowest BCUT2D eigenvalue weighted by Gasteiger charge is -2.26. The van der Waals surface area contributed by atoms with Crippen molar-refractivity contribution in [3.05, 3.63) is 29.8 Å². The van der Waals surface area contributed by atoms with E-state index in [1.54, 1.807) is 0 Å². The second-order valence-corrected chi connectivity index (χ2v) is 4.25. The molecule has 1 rings (SSSR count). The molecule has 104 valence electrons. The van der Waals surface area contributed by atoms with Crippen molar-refractivity contribution in [3.8, 4) is 5.75 Å². The maximum atomic E-state index is 11.9. The van der Waals surface area contributed by atoms with Gasteiger partial charge < -0.3 is 15.6 Å². The van der Waals surface area contributed by atoms with Gasteiger partial charge in [0.25, 0.3) is 0 Å². The van der Waals surface area contributed by atoms with E-state index < -0.39 is 18.0 Å². The molecule has 0 aliphatic rings. The molecule has 0 bridgehead atoms. The fraction of sp³-hybridized carbons (Fsp3) is 0.455. The highest BCUT2D eigenvalue weighted by Gasteiger charge is 2.31. The van der Waals surface area contributed by atoms with Gasteiger partial charge in [0, 0.05) is 0 Å². The number of ether oxygens (including phenoxy) is 1. The number of aliphatic hydroxyl groups is 1. The van der Waals surface area contributed by atoms with E-state index in [-0.39, 0.29) is 18.2 Å². The van der Waals surface area contributed by atoms with Crippen LogP contribution in [0.4, 0.5) is 13.2 Å². The average Bonchev–Trinajstić information content (AvgIpc) is 2.14. The van der Waals surface area contributed by atoms with E-state index in [0.717, 1.165) is 12.1 Å². The van der Waals surface area contributed by atoms with E-state index in [9.17, 15) is 18.3 Å². The Hall–Kier alpha value is -0.980. The van der Waals surface area contributed by atoms with Crippen LogP contribution in [0.5, 0.6) is 5.75 Å². The monoisotopic (exact) mass is 285 g/mol. The summed E-state index contributed by atoms with van der Waals surface area (Å²) in [5.74, 6) is -0.316. The molecule has 0 fully saturated rings. The van der Waals surface area contributed by atoms with Crippen LogP contribution in [-0.2, 0) is 0 Å². The minimum Gasteiger partial charge on any atom is -0.406 e. The summed E-state index contributed by atoms with van der Waals surface area (Å²) in [6.07, 6.45) is -4.71. The van der Waals surface area contributed by atoms with Gasteiger partial charge in [-0.3, -0.25) is 0 Å². The second kappa shape index (κ2) is 5.77. The number of hydrogen-bond acceptors (Lipinski definition) is 3. The van der Waals surface area contributed by atoms with Crippen molar-refractivity contribution in [2.75, 3.05) is 0 Å². The Morgan fingerprint density at radius 2 is 1.61 bits per heavy atom. The van der Waals surface area contributed by atoms with Crippen LogP contribution in [0, 0.1) is 0 Å². The lowest BCUT2D eigenvalue weighted by atomic mass is 9.93. The fourth-order valence-corrected chi connectivity index (χ4v) is 1.28. The zero-order valence-corrected chi connectivity index (χ0v) is 10.7. The Morgan fingerprint density at radius 3 is 1.94 bits per heavy atom.